The van der Waals surface area contributed by atoms with Gasteiger partial charge in [0.05, 0.1) is 18.8 Å². The van der Waals surface area contributed by atoms with Crippen LogP contribution in [0.1, 0.15) is 15.9 Å². The van der Waals surface area contributed by atoms with Crippen molar-refractivity contribution in [2.45, 2.75) is 6.92 Å². The van der Waals surface area contributed by atoms with Gasteiger partial charge in [0.1, 0.15) is 5.82 Å². The third-order valence-corrected chi connectivity index (χ3v) is 4.63. The molecule has 2 aromatic rings. The number of aromatic nitrogens is 1. The Balaban J connectivity index is 1.68. The van der Waals surface area contributed by atoms with Crippen LogP contribution in [-0.4, -0.2) is 37.2 Å². The zero-order chi connectivity index (χ0) is 16.2. The Morgan fingerprint density at radius 2 is 2.04 bits per heavy atom. The van der Waals surface area contributed by atoms with E-state index in [-0.39, 0.29) is 5.91 Å². The first-order chi connectivity index (χ1) is 11.1. The van der Waals surface area contributed by atoms with Gasteiger partial charge in [0.25, 0.3) is 5.91 Å². The van der Waals surface area contributed by atoms with E-state index < -0.39 is 0 Å². The van der Waals surface area contributed by atoms with Crippen LogP contribution in [-0.2, 0) is 4.74 Å². The third-order valence-electron chi connectivity index (χ3n) is 3.77. The Morgan fingerprint density at radius 3 is 2.70 bits per heavy atom. The maximum absolute atomic E-state index is 12.3. The zero-order valence-electron chi connectivity index (χ0n) is 12.9. The molecule has 1 aliphatic rings. The van der Waals surface area contributed by atoms with Crippen molar-refractivity contribution in [3.63, 3.8) is 0 Å². The van der Waals surface area contributed by atoms with Crippen molar-refractivity contribution in [1.82, 2.24) is 4.98 Å². The zero-order valence-corrected chi connectivity index (χ0v) is 14.5. The molecule has 6 heteroatoms. The molecule has 0 spiro atoms. The quantitative estimate of drug-likeness (QED) is 0.894. The molecule has 5 nitrogen and oxygen atoms in total. The monoisotopic (exact) mass is 375 g/mol. The van der Waals surface area contributed by atoms with Crippen LogP contribution >= 0.6 is 15.9 Å². The molecular weight excluding hydrogens is 358 g/mol. The number of anilines is 2. The molecule has 0 atom stereocenters. The van der Waals surface area contributed by atoms with E-state index in [9.17, 15) is 4.79 Å². The molecule has 120 valence electrons. The highest BCUT2D eigenvalue weighted by Crippen LogP contribution is 2.21. The predicted octanol–water partition coefficient (Wildman–Crippen LogP) is 3.24. The van der Waals surface area contributed by atoms with Gasteiger partial charge in [0.15, 0.2) is 0 Å². The van der Waals surface area contributed by atoms with Crippen LogP contribution in [0.2, 0.25) is 0 Å². The molecule has 1 amide bonds. The van der Waals surface area contributed by atoms with E-state index in [2.05, 4.69) is 31.1 Å². The third kappa shape index (κ3) is 3.89. The molecule has 1 aromatic carbocycles. The van der Waals surface area contributed by atoms with Crippen LogP contribution in [0.3, 0.4) is 0 Å². The summed E-state index contributed by atoms with van der Waals surface area (Å²) >= 11 is 3.47. The number of carbonyl (C=O) groups excluding carboxylic acids is 1. The molecule has 1 aliphatic heterocycles. The molecule has 23 heavy (non-hydrogen) atoms. The summed E-state index contributed by atoms with van der Waals surface area (Å²) in [5, 5.41) is 2.88. The second-order valence-electron chi connectivity index (χ2n) is 5.42. The Hall–Kier alpha value is -1.92. The molecular formula is C17H18BrN3O2. The lowest BCUT2D eigenvalue weighted by molar-refractivity contribution is 0.102. The maximum Gasteiger partial charge on any atom is 0.257 e. The topological polar surface area (TPSA) is 54.5 Å². The Kier molecular flexibility index (Phi) is 4.93. The fourth-order valence-electron chi connectivity index (χ4n) is 2.37. The van der Waals surface area contributed by atoms with Crippen molar-refractivity contribution in [2.24, 2.45) is 0 Å². The van der Waals surface area contributed by atoms with Gasteiger partial charge in [-0.05, 0) is 36.8 Å². The van der Waals surface area contributed by atoms with Crippen molar-refractivity contribution in [2.75, 3.05) is 36.5 Å². The summed E-state index contributed by atoms with van der Waals surface area (Å²) in [5.74, 6) is 0.713. The van der Waals surface area contributed by atoms with E-state index in [1.807, 2.05) is 31.2 Å². The van der Waals surface area contributed by atoms with Crippen molar-refractivity contribution in [3.05, 3.63) is 52.1 Å². The lowest BCUT2D eigenvalue weighted by Gasteiger charge is -2.27. The fourth-order valence-corrected chi connectivity index (χ4v) is 2.75. The number of hydrogen-bond acceptors (Lipinski definition) is 4. The number of ether oxygens (including phenoxy) is 1. The number of rotatable bonds is 3. The van der Waals surface area contributed by atoms with E-state index in [0.717, 1.165) is 34.6 Å². The lowest BCUT2D eigenvalue weighted by atomic mass is 10.2. The summed E-state index contributed by atoms with van der Waals surface area (Å²) in [6.07, 6.45) is 1.61. The molecule has 0 saturated carbocycles. The fraction of sp³-hybridized carbons (Fsp3) is 0.294. The lowest BCUT2D eigenvalue weighted by Crippen LogP contribution is -2.36. The highest BCUT2D eigenvalue weighted by Gasteiger charge is 2.13. The number of morpholine rings is 1. The molecule has 1 fully saturated rings. The van der Waals surface area contributed by atoms with Crippen molar-refractivity contribution < 1.29 is 9.53 Å². The van der Waals surface area contributed by atoms with Crippen LogP contribution in [0, 0.1) is 6.92 Å². The predicted molar refractivity (Wildman–Crippen MR) is 94.1 cm³/mol. The van der Waals surface area contributed by atoms with E-state index >= 15 is 0 Å². The number of benzene rings is 1. The van der Waals surface area contributed by atoms with Gasteiger partial charge in [-0.3, -0.25) is 4.79 Å². The minimum Gasteiger partial charge on any atom is -0.378 e. The smallest absolute Gasteiger partial charge is 0.257 e. The van der Waals surface area contributed by atoms with E-state index in [1.165, 1.54) is 0 Å². The normalized spacial score (nSPS) is 14.6. The maximum atomic E-state index is 12.3. The van der Waals surface area contributed by atoms with Gasteiger partial charge in [0.2, 0.25) is 0 Å². The second-order valence-corrected chi connectivity index (χ2v) is 6.28. The molecule has 0 aliphatic carbocycles. The average Bonchev–Trinajstić information content (AvgIpc) is 2.59. The van der Waals surface area contributed by atoms with Gasteiger partial charge in [-0.1, -0.05) is 22.0 Å². The summed E-state index contributed by atoms with van der Waals surface area (Å²) in [5.41, 5.74) is 2.42. The van der Waals surface area contributed by atoms with Gasteiger partial charge in [0, 0.05) is 29.4 Å². The SMILES string of the molecule is Cc1ccc(NC(=O)c2ccc(N3CCOCC3)nc2)cc1Br. The summed E-state index contributed by atoms with van der Waals surface area (Å²) in [4.78, 5) is 18.8. The van der Waals surface area contributed by atoms with Gasteiger partial charge in [-0.2, -0.15) is 0 Å². The van der Waals surface area contributed by atoms with E-state index in [0.29, 0.717) is 18.8 Å². The first-order valence-corrected chi connectivity index (χ1v) is 8.29. The number of aryl methyl sites for hydroxylation is 1. The summed E-state index contributed by atoms with van der Waals surface area (Å²) in [6, 6.07) is 9.41. The summed E-state index contributed by atoms with van der Waals surface area (Å²) in [7, 11) is 0. The Bertz CT molecular complexity index is 697. The minimum absolute atomic E-state index is 0.165. The number of halogens is 1. The standard InChI is InChI=1S/C17H18BrN3O2/c1-12-2-4-14(10-15(12)18)20-17(22)13-3-5-16(19-11-13)21-6-8-23-9-7-21/h2-5,10-11H,6-9H2,1H3,(H,20,22). The van der Waals surface area contributed by atoms with Crippen LogP contribution in [0.4, 0.5) is 11.5 Å². The highest BCUT2D eigenvalue weighted by atomic mass is 79.9. The molecule has 2 heterocycles. The van der Waals surface area contributed by atoms with Gasteiger partial charge >= 0.3 is 0 Å². The molecule has 1 N–H and O–H groups in total. The summed E-state index contributed by atoms with van der Waals surface area (Å²) in [6.45, 7) is 5.09. The molecule has 1 saturated heterocycles. The van der Waals surface area contributed by atoms with Crippen LogP contribution in [0.15, 0.2) is 41.0 Å². The van der Waals surface area contributed by atoms with Gasteiger partial charge in [-0.15, -0.1) is 0 Å². The first kappa shape index (κ1) is 16.0. The van der Waals surface area contributed by atoms with Gasteiger partial charge in [-0.25, -0.2) is 4.98 Å². The van der Waals surface area contributed by atoms with Crippen molar-refractivity contribution in [3.8, 4) is 0 Å². The number of amides is 1. The number of nitrogens with one attached hydrogen (secondary N) is 1. The Morgan fingerprint density at radius 1 is 1.26 bits per heavy atom. The van der Waals surface area contributed by atoms with Crippen LogP contribution in [0.5, 0.6) is 0 Å². The molecule has 0 radical (unpaired) electrons. The van der Waals surface area contributed by atoms with Crippen molar-refractivity contribution >= 4 is 33.3 Å². The number of hydrogen-bond donors (Lipinski definition) is 1. The minimum atomic E-state index is -0.165. The largest absolute Gasteiger partial charge is 0.378 e. The molecule has 1 aromatic heterocycles. The van der Waals surface area contributed by atoms with E-state index in [1.54, 1.807) is 12.3 Å². The van der Waals surface area contributed by atoms with Gasteiger partial charge < -0.3 is 15.0 Å². The molecule has 3 rings (SSSR count). The average molecular weight is 376 g/mol. The van der Waals surface area contributed by atoms with Crippen molar-refractivity contribution in [1.29, 1.82) is 0 Å². The highest BCUT2D eigenvalue weighted by molar-refractivity contribution is 9.10. The number of nitrogens with zero attached hydrogens (tertiary/aromatic N) is 2. The molecule has 0 bridgehead atoms. The summed E-state index contributed by atoms with van der Waals surface area (Å²) < 4.78 is 6.30. The van der Waals surface area contributed by atoms with E-state index in [4.69, 9.17) is 4.74 Å². The number of pyridine rings is 1. The number of carbonyl (C=O) groups is 1. The second kappa shape index (κ2) is 7.10. The van der Waals surface area contributed by atoms with Crippen LogP contribution < -0.4 is 10.2 Å². The molecule has 0 unspecified atom stereocenters. The Labute approximate surface area is 143 Å². The first-order valence-electron chi connectivity index (χ1n) is 7.50. The van der Waals surface area contributed by atoms with Crippen LogP contribution in [0.25, 0.3) is 0 Å².